The Labute approximate surface area is 124 Å². The molecule has 1 fully saturated rings. The van der Waals surface area contributed by atoms with Crippen LogP contribution in [0.2, 0.25) is 0 Å². The Hall–Kier alpha value is -2.35. The van der Waals surface area contributed by atoms with Crippen LogP contribution in [-0.4, -0.2) is 29.3 Å². The van der Waals surface area contributed by atoms with Crippen LogP contribution in [0.1, 0.15) is 24.8 Å². The normalized spacial score (nSPS) is 21.0. The van der Waals surface area contributed by atoms with Crippen molar-refractivity contribution in [2.24, 2.45) is 0 Å². The summed E-state index contributed by atoms with van der Waals surface area (Å²) in [7, 11) is 1.28. The molecule has 0 spiro atoms. The molecule has 0 unspecified atom stereocenters. The molecule has 1 aromatic heterocycles. The van der Waals surface area contributed by atoms with Gasteiger partial charge in [-0.2, -0.15) is 4.98 Å². The van der Waals surface area contributed by atoms with Crippen LogP contribution >= 0.6 is 0 Å². The van der Waals surface area contributed by atoms with Gasteiger partial charge >= 0.3 is 5.97 Å². The minimum absolute atomic E-state index is 0.124. The second-order valence-corrected chi connectivity index (χ2v) is 4.80. The van der Waals surface area contributed by atoms with Crippen molar-refractivity contribution in [2.45, 2.75) is 25.0 Å². The van der Waals surface area contributed by atoms with Crippen LogP contribution in [0.5, 0.6) is 0 Å². The van der Waals surface area contributed by atoms with E-state index in [-0.39, 0.29) is 17.3 Å². The Morgan fingerprint density at radius 3 is 2.86 bits per heavy atom. The van der Waals surface area contributed by atoms with Gasteiger partial charge in [-0.25, -0.2) is 13.6 Å². The number of aromatic nitrogens is 2. The molecule has 116 valence electrons. The summed E-state index contributed by atoms with van der Waals surface area (Å²) in [6.45, 7) is 0. The SMILES string of the molecule is COC(=O)[C@H]1CC[C@H](c2nc(-c3ccc(F)c(F)c3)no2)O1. The molecule has 2 atom stereocenters. The average Bonchev–Trinajstić information content (AvgIpc) is 3.17. The molecule has 0 amide bonds. The van der Waals surface area contributed by atoms with Crippen molar-refractivity contribution in [3.05, 3.63) is 35.7 Å². The molecule has 2 heterocycles. The number of nitrogens with zero attached hydrogens (tertiary/aromatic N) is 2. The van der Waals surface area contributed by atoms with Gasteiger partial charge in [-0.3, -0.25) is 0 Å². The largest absolute Gasteiger partial charge is 0.467 e. The molecule has 22 heavy (non-hydrogen) atoms. The van der Waals surface area contributed by atoms with Gasteiger partial charge in [0.05, 0.1) is 7.11 Å². The number of rotatable bonds is 3. The van der Waals surface area contributed by atoms with E-state index in [4.69, 9.17) is 9.26 Å². The van der Waals surface area contributed by atoms with Crippen LogP contribution < -0.4 is 0 Å². The Morgan fingerprint density at radius 2 is 2.14 bits per heavy atom. The zero-order valence-electron chi connectivity index (χ0n) is 11.6. The lowest BCUT2D eigenvalue weighted by molar-refractivity contribution is -0.153. The standard InChI is InChI=1S/C14H12F2N2O4/c1-20-14(19)11-5-4-10(21-11)13-17-12(18-22-13)7-2-3-8(15)9(16)6-7/h2-3,6,10-11H,4-5H2,1H3/t10-,11-/m1/s1. The summed E-state index contributed by atoms with van der Waals surface area (Å²) in [5, 5.41) is 3.72. The van der Waals surface area contributed by atoms with E-state index in [1.165, 1.54) is 13.2 Å². The first-order valence-corrected chi connectivity index (χ1v) is 6.61. The number of benzene rings is 1. The highest BCUT2D eigenvalue weighted by atomic mass is 19.2. The summed E-state index contributed by atoms with van der Waals surface area (Å²) in [4.78, 5) is 15.5. The molecule has 6 nitrogen and oxygen atoms in total. The Bertz CT molecular complexity index is 704. The summed E-state index contributed by atoms with van der Waals surface area (Å²) in [5.74, 6) is -2.09. The molecule has 1 aromatic carbocycles. The predicted molar refractivity (Wildman–Crippen MR) is 68.5 cm³/mol. The zero-order chi connectivity index (χ0) is 15.7. The van der Waals surface area contributed by atoms with E-state index >= 15 is 0 Å². The summed E-state index contributed by atoms with van der Waals surface area (Å²) in [6, 6.07) is 3.32. The molecule has 8 heteroatoms. The minimum Gasteiger partial charge on any atom is -0.467 e. The third-order valence-electron chi connectivity index (χ3n) is 3.38. The first-order chi connectivity index (χ1) is 10.6. The van der Waals surface area contributed by atoms with Crippen LogP contribution in [0.3, 0.4) is 0 Å². The molecular weight excluding hydrogens is 298 g/mol. The van der Waals surface area contributed by atoms with Gasteiger partial charge < -0.3 is 14.0 Å². The summed E-state index contributed by atoms with van der Waals surface area (Å²) < 4.78 is 41.3. The van der Waals surface area contributed by atoms with Gasteiger partial charge in [-0.1, -0.05) is 5.16 Å². The minimum atomic E-state index is -0.994. The van der Waals surface area contributed by atoms with Crippen molar-refractivity contribution in [1.82, 2.24) is 10.1 Å². The maximum absolute atomic E-state index is 13.2. The van der Waals surface area contributed by atoms with Crippen LogP contribution in [0, 0.1) is 11.6 Å². The number of methoxy groups -OCH3 is 1. The number of carbonyl (C=O) groups is 1. The topological polar surface area (TPSA) is 74.5 Å². The maximum Gasteiger partial charge on any atom is 0.335 e. The molecule has 0 radical (unpaired) electrons. The third kappa shape index (κ3) is 2.69. The number of hydrogen-bond acceptors (Lipinski definition) is 6. The Balaban J connectivity index is 1.77. The van der Waals surface area contributed by atoms with Gasteiger partial charge in [0, 0.05) is 5.56 Å². The summed E-state index contributed by atoms with van der Waals surface area (Å²) in [5.41, 5.74) is 0.288. The van der Waals surface area contributed by atoms with Crippen molar-refractivity contribution in [3.63, 3.8) is 0 Å². The van der Waals surface area contributed by atoms with Crippen molar-refractivity contribution in [3.8, 4) is 11.4 Å². The third-order valence-corrected chi connectivity index (χ3v) is 3.38. The quantitative estimate of drug-likeness (QED) is 0.810. The lowest BCUT2D eigenvalue weighted by Crippen LogP contribution is -2.21. The smallest absolute Gasteiger partial charge is 0.335 e. The lowest BCUT2D eigenvalue weighted by atomic mass is 10.2. The summed E-state index contributed by atoms with van der Waals surface area (Å²) in [6.07, 6.45) is -0.163. The molecule has 3 rings (SSSR count). The van der Waals surface area contributed by atoms with Crippen molar-refractivity contribution in [1.29, 1.82) is 0 Å². The van der Waals surface area contributed by atoms with Crippen LogP contribution in [0.4, 0.5) is 8.78 Å². The van der Waals surface area contributed by atoms with E-state index in [2.05, 4.69) is 14.9 Å². The number of halogens is 2. The summed E-state index contributed by atoms with van der Waals surface area (Å²) >= 11 is 0. The number of hydrogen-bond donors (Lipinski definition) is 0. The highest BCUT2D eigenvalue weighted by Crippen LogP contribution is 2.33. The van der Waals surface area contributed by atoms with Gasteiger partial charge in [-0.05, 0) is 31.0 Å². The fourth-order valence-corrected chi connectivity index (χ4v) is 2.24. The highest BCUT2D eigenvalue weighted by Gasteiger charge is 2.35. The maximum atomic E-state index is 13.2. The van der Waals surface area contributed by atoms with E-state index in [0.717, 1.165) is 12.1 Å². The van der Waals surface area contributed by atoms with Crippen LogP contribution in [-0.2, 0) is 14.3 Å². The molecule has 2 aromatic rings. The highest BCUT2D eigenvalue weighted by molar-refractivity contribution is 5.74. The van der Waals surface area contributed by atoms with Crippen molar-refractivity contribution < 1.29 is 27.6 Å². The van der Waals surface area contributed by atoms with E-state index in [0.29, 0.717) is 12.8 Å². The van der Waals surface area contributed by atoms with E-state index in [9.17, 15) is 13.6 Å². The first-order valence-electron chi connectivity index (χ1n) is 6.61. The zero-order valence-corrected chi connectivity index (χ0v) is 11.6. The van der Waals surface area contributed by atoms with Gasteiger partial charge in [0.15, 0.2) is 17.7 Å². The van der Waals surface area contributed by atoms with E-state index < -0.39 is 29.8 Å². The van der Waals surface area contributed by atoms with Gasteiger partial charge in [0.2, 0.25) is 5.82 Å². The Kier molecular flexibility index (Phi) is 3.84. The van der Waals surface area contributed by atoms with Gasteiger partial charge in [0.25, 0.3) is 5.89 Å². The number of esters is 1. The second-order valence-electron chi connectivity index (χ2n) is 4.80. The number of ether oxygens (including phenoxy) is 2. The second kappa shape index (κ2) is 5.80. The molecule has 0 aliphatic carbocycles. The van der Waals surface area contributed by atoms with Crippen molar-refractivity contribution in [2.75, 3.05) is 7.11 Å². The molecule has 0 bridgehead atoms. The molecular formula is C14H12F2N2O4. The number of carbonyl (C=O) groups excluding carboxylic acids is 1. The molecule has 1 saturated heterocycles. The molecule has 0 N–H and O–H groups in total. The van der Waals surface area contributed by atoms with E-state index in [1.807, 2.05) is 0 Å². The van der Waals surface area contributed by atoms with Gasteiger partial charge in [-0.15, -0.1) is 0 Å². The average molecular weight is 310 g/mol. The van der Waals surface area contributed by atoms with Crippen molar-refractivity contribution >= 4 is 5.97 Å². The fraction of sp³-hybridized carbons (Fsp3) is 0.357. The molecule has 1 aliphatic heterocycles. The predicted octanol–water partition coefficient (Wildman–Crippen LogP) is 2.41. The molecule has 0 saturated carbocycles. The van der Waals surface area contributed by atoms with Crippen LogP contribution in [0.25, 0.3) is 11.4 Å². The monoisotopic (exact) mass is 310 g/mol. The Morgan fingerprint density at radius 1 is 1.32 bits per heavy atom. The first kappa shape index (κ1) is 14.6. The lowest BCUT2D eigenvalue weighted by Gasteiger charge is -2.08. The fourth-order valence-electron chi connectivity index (χ4n) is 2.24. The van der Waals surface area contributed by atoms with Crippen LogP contribution in [0.15, 0.2) is 22.7 Å². The van der Waals surface area contributed by atoms with Gasteiger partial charge in [0.1, 0.15) is 6.10 Å². The molecule has 1 aliphatic rings. The van der Waals surface area contributed by atoms with E-state index in [1.54, 1.807) is 0 Å².